The van der Waals surface area contributed by atoms with Crippen molar-refractivity contribution in [3.05, 3.63) is 39.6 Å². The molecule has 118 valence electrons. The molecule has 0 aromatic carbocycles. The van der Waals surface area contributed by atoms with Gasteiger partial charge in [-0.15, -0.1) is 11.3 Å². The minimum Gasteiger partial charge on any atom is -0.336 e. The largest absolute Gasteiger partial charge is 0.336 e. The lowest BCUT2D eigenvalue weighted by Gasteiger charge is -2.35. The zero-order valence-corrected chi connectivity index (χ0v) is 14.0. The standard InChI is InChI=1S/C15H19ClN4OS/c1-19-8-7-18-15(19)12-10-17-6-9-20(12)14(21)5-3-11-2-4-13(16)22-11/h2,4,7-8,12,17H,3,5-6,9-10H2,1H3. The number of halogens is 1. The van der Waals surface area contributed by atoms with Gasteiger partial charge in [0.25, 0.3) is 0 Å². The van der Waals surface area contributed by atoms with Crippen molar-refractivity contribution in [3.8, 4) is 0 Å². The number of aromatic nitrogens is 2. The van der Waals surface area contributed by atoms with Crippen molar-refractivity contribution in [2.75, 3.05) is 19.6 Å². The molecule has 1 N–H and O–H groups in total. The van der Waals surface area contributed by atoms with Crippen LogP contribution in [0.15, 0.2) is 24.5 Å². The molecule has 1 amide bonds. The molecule has 0 aliphatic carbocycles. The van der Waals surface area contributed by atoms with Gasteiger partial charge in [0.15, 0.2) is 0 Å². The Kier molecular flexibility index (Phi) is 4.81. The van der Waals surface area contributed by atoms with Crippen molar-refractivity contribution < 1.29 is 4.79 Å². The lowest BCUT2D eigenvalue weighted by molar-refractivity contribution is -0.134. The van der Waals surface area contributed by atoms with E-state index in [1.807, 2.05) is 34.8 Å². The Morgan fingerprint density at radius 1 is 1.55 bits per heavy atom. The van der Waals surface area contributed by atoms with Gasteiger partial charge >= 0.3 is 0 Å². The molecule has 1 unspecified atom stereocenters. The molecule has 1 aliphatic rings. The predicted molar refractivity (Wildman–Crippen MR) is 88.2 cm³/mol. The Morgan fingerprint density at radius 3 is 3.09 bits per heavy atom. The first-order valence-electron chi connectivity index (χ1n) is 7.37. The quantitative estimate of drug-likeness (QED) is 0.930. The number of imidazole rings is 1. The maximum absolute atomic E-state index is 12.6. The van der Waals surface area contributed by atoms with E-state index < -0.39 is 0 Å². The second kappa shape index (κ2) is 6.81. The molecule has 0 saturated carbocycles. The van der Waals surface area contributed by atoms with Crippen LogP contribution in [0.25, 0.3) is 0 Å². The molecule has 1 atom stereocenters. The van der Waals surface area contributed by atoms with Gasteiger partial charge in [-0.1, -0.05) is 11.6 Å². The van der Waals surface area contributed by atoms with Crippen LogP contribution in [-0.4, -0.2) is 40.0 Å². The van der Waals surface area contributed by atoms with E-state index in [9.17, 15) is 4.79 Å². The van der Waals surface area contributed by atoms with Crippen LogP contribution >= 0.6 is 22.9 Å². The van der Waals surface area contributed by atoms with Gasteiger partial charge in [0.05, 0.1) is 4.34 Å². The molecule has 1 aliphatic heterocycles. The second-order valence-electron chi connectivity index (χ2n) is 5.41. The first-order chi connectivity index (χ1) is 10.6. The zero-order chi connectivity index (χ0) is 15.5. The van der Waals surface area contributed by atoms with Crippen molar-refractivity contribution in [1.29, 1.82) is 0 Å². The molecule has 0 spiro atoms. The van der Waals surface area contributed by atoms with Gasteiger partial charge < -0.3 is 14.8 Å². The summed E-state index contributed by atoms with van der Waals surface area (Å²) in [5.74, 6) is 1.11. The summed E-state index contributed by atoms with van der Waals surface area (Å²) in [4.78, 5) is 20.1. The molecule has 2 aromatic heterocycles. The summed E-state index contributed by atoms with van der Waals surface area (Å²) >= 11 is 7.48. The normalized spacial score (nSPS) is 18.6. The van der Waals surface area contributed by atoms with Gasteiger partial charge in [-0.3, -0.25) is 4.79 Å². The number of hydrogen-bond donors (Lipinski definition) is 1. The highest BCUT2D eigenvalue weighted by Crippen LogP contribution is 2.25. The predicted octanol–water partition coefficient (Wildman–Crippen LogP) is 2.24. The van der Waals surface area contributed by atoms with Crippen LogP contribution < -0.4 is 5.32 Å². The van der Waals surface area contributed by atoms with E-state index in [-0.39, 0.29) is 11.9 Å². The third kappa shape index (κ3) is 3.34. The second-order valence-corrected chi connectivity index (χ2v) is 7.21. The van der Waals surface area contributed by atoms with Crippen LogP contribution in [-0.2, 0) is 18.3 Å². The van der Waals surface area contributed by atoms with Gasteiger partial charge in [-0.2, -0.15) is 0 Å². The van der Waals surface area contributed by atoms with E-state index >= 15 is 0 Å². The zero-order valence-electron chi connectivity index (χ0n) is 12.5. The fraction of sp³-hybridized carbons (Fsp3) is 0.467. The van der Waals surface area contributed by atoms with E-state index in [1.165, 1.54) is 0 Å². The number of rotatable bonds is 4. The summed E-state index contributed by atoms with van der Waals surface area (Å²) < 4.78 is 2.76. The summed E-state index contributed by atoms with van der Waals surface area (Å²) in [5, 5.41) is 3.35. The Labute approximate surface area is 138 Å². The van der Waals surface area contributed by atoms with E-state index in [4.69, 9.17) is 11.6 Å². The summed E-state index contributed by atoms with van der Waals surface area (Å²) in [5.41, 5.74) is 0. The van der Waals surface area contributed by atoms with Crippen molar-refractivity contribution >= 4 is 28.8 Å². The monoisotopic (exact) mass is 338 g/mol. The first-order valence-corrected chi connectivity index (χ1v) is 8.56. The molecule has 1 saturated heterocycles. The topological polar surface area (TPSA) is 50.2 Å². The van der Waals surface area contributed by atoms with Crippen LogP contribution in [0.5, 0.6) is 0 Å². The Hall–Kier alpha value is -1.37. The van der Waals surface area contributed by atoms with Gasteiger partial charge in [0, 0.05) is 50.4 Å². The summed E-state index contributed by atoms with van der Waals surface area (Å²) in [6.07, 6.45) is 4.95. The molecule has 22 heavy (non-hydrogen) atoms. The number of piperazine rings is 1. The SMILES string of the molecule is Cn1ccnc1C1CNCCN1C(=O)CCc1ccc(Cl)s1. The van der Waals surface area contributed by atoms with Crippen molar-refractivity contribution in [2.45, 2.75) is 18.9 Å². The lowest BCUT2D eigenvalue weighted by atomic mass is 10.1. The van der Waals surface area contributed by atoms with Crippen LogP contribution in [0.4, 0.5) is 0 Å². The van der Waals surface area contributed by atoms with Gasteiger partial charge in [-0.05, 0) is 18.6 Å². The number of carbonyl (C=O) groups is 1. The van der Waals surface area contributed by atoms with Crippen molar-refractivity contribution in [2.24, 2.45) is 7.05 Å². The lowest BCUT2D eigenvalue weighted by Crippen LogP contribution is -2.49. The summed E-state index contributed by atoms with van der Waals surface area (Å²) in [6.45, 7) is 2.31. The maximum Gasteiger partial charge on any atom is 0.223 e. The molecule has 0 bridgehead atoms. The Morgan fingerprint density at radius 2 is 2.41 bits per heavy atom. The molecule has 0 radical (unpaired) electrons. The van der Waals surface area contributed by atoms with Crippen LogP contribution in [0.1, 0.15) is 23.2 Å². The van der Waals surface area contributed by atoms with Crippen molar-refractivity contribution in [3.63, 3.8) is 0 Å². The Bertz CT molecular complexity index is 654. The van der Waals surface area contributed by atoms with E-state index in [0.717, 1.165) is 41.1 Å². The smallest absolute Gasteiger partial charge is 0.223 e. The highest BCUT2D eigenvalue weighted by atomic mass is 35.5. The minimum atomic E-state index is 0.00757. The number of nitrogens with zero attached hydrogens (tertiary/aromatic N) is 3. The average molecular weight is 339 g/mol. The van der Waals surface area contributed by atoms with Crippen molar-refractivity contribution in [1.82, 2.24) is 19.8 Å². The summed E-state index contributed by atoms with van der Waals surface area (Å²) in [7, 11) is 1.97. The molecule has 7 heteroatoms. The highest BCUT2D eigenvalue weighted by molar-refractivity contribution is 7.16. The Balaban J connectivity index is 1.67. The fourth-order valence-corrected chi connectivity index (χ4v) is 3.88. The minimum absolute atomic E-state index is 0.00757. The summed E-state index contributed by atoms with van der Waals surface area (Å²) in [6, 6.07) is 3.88. The van der Waals surface area contributed by atoms with Crippen LogP contribution in [0.3, 0.4) is 0 Å². The highest BCUT2D eigenvalue weighted by Gasteiger charge is 2.30. The number of carbonyl (C=O) groups excluding carboxylic acids is 1. The molecule has 2 aromatic rings. The molecule has 1 fully saturated rings. The van der Waals surface area contributed by atoms with Gasteiger partial charge in [0.1, 0.15) is 11.9 Å². The molecule has 3 heterocycles. The number of thiophene rings is 1. The fourth-order valence-electron chi connectivity index (χ4n) is 2.79. The molecular weight excluding hydrogens is 320 g/mol. The number of aryl methyl sites for hydroxylation is 2. The number of amides is 1. The third-order valence-electron chi connectivity index (χ3n) is 3.93. The van der Waals surface area contributed by atoms with Gasteiger partial charge in [0.2, 0.25) is 5.91 Å². The first kappa shape index (κ1) is 15.5. The number of nitrogens with one attached hydrogen (secondary N) is 1. The van der Waals surface area contributed by atoms with E-state index in [1.54, 1.807) is 17.5 Å². The van der Waals surface area contributed by atoms with E-state index in [2.05, 4.69) is 10.3 Å². The third-order valence-corrected chi connectivity index (χ3v) is 5.23. The van der Waals surface area contributed by atoms with E-state index in [0.29, 0.717) is 6.42 Å². The maximum atomic E-state index is 12.6. The van der Waals surface area contributed by atoms with Crippen LogP contribution in [0.2, 0.25) is 4.34 Å². The number of hydrogen-bond acceptors (Lipinski definition) is 4. The average Bonchev–Trinajstić information content (AvgIpc) is 3.13. The molecule has 3 rings (SSSR count). The van der Waals surface area contributed by atoms with Crippen LogP contribution in [0, 0.1) is 0 Å². The van der Waals surface area contributed by atoms with Gasteiger partial charge in [-0.25, -0.2) is 4.98 Å². The molecular formula is C15H19ClN4OS. The molecule has 5 nitrogen and oxygen atoms in total.